The number of aryl methyl sites for hydroxylation is 1. The number of fused-ring (bicyclic) bond motifs is 1. The minimum atomic E-state index is -0.328. The quantitative estimate of drug-likeness (QED) is 0.797. The summed E-state index contributed by atoms with van der Waals surface area (Å²) in [5.74, 6) is -0.328. The van der Waals surface area contributed by atoms with Crippen molar-refractivity contribution in [2.75, 3.05) is 13.2 Å². The Bertz CT molecular complexity index is 545. The molecule has 0 spiro atoms. The van der Waals surface area contributed by atoms with Crippen molar-refractivity contribution in [3.8, 4) is 0 Å². The number of carbonyl (C=O) groups excluding carboxylic acids is 1. The van der Waals surface area contributed by atoms with Gasteiger partial charge < -0.3 is 14.8 Å². The second kappa shape index (κ2) is 5.69. The van der Waals surface area contributed by atoms with Gasteiger partial charge in [0.05, 0.1) is 6.61 Å². The van der Waals surface area contributed by atoms with E-state index in [1.807, 2.05) is 18.2 Å². The molecule has 0 amide bonds. The maximum atomic E-state index is 11.6. The van der Waals surface area contributed by atoms with E-state index in [4.69, 9.17) is 9.84 Å². The summed E-state index contributed by atoms with van der Waals surface area (Å²) in [6.07, 6.45) is 1.59. The van der Waals surface area contributed by atoms with Gasteiger partial charge in [0.2, 0.25) is 0 Å². The summed E-state index contributed by atoms with van der Waals surface area (Å²) in [7, 11) is 0. The molecule has 0 aliphatic rings. The molecule has 0 bridgehead atoms. The van der Waals surface area contributed by atoms with Crippen LogP contribution in [0.3, 0.4) is 0 Å². The van der Waals surface area contributed by atoms with Gasteiger partial charge in [-0.15, -0.1) is 0 Å². The van der Waals surface area contributed by atoms with Crippen LogP contribution in [0.25, 0.3) is 10.9 Å². The molecule has 0 aliphatic heterocycles. The van der Waals surface area contributed by atoms with Crippen molar-refractivity contribution in [2.24, 2.45) is 0 Å². The standard InChI is InChI=1S/C14H17NO3/c1-2-18-14(17)13-9-11-8-10(4-3-7-16)5-6-12(11)15-13/h5-6,8-9,15-16H,2-4,7H2,1H3. The van der Waals surface area contributed by atoms with Crippen molar-refractivity contribution >= 4 is 16.9 Å². The predicted molar refractivity (Wildman–Crippen MR) is 69.7 cm³/mol. The Morgan fingerprint density at radius 1 is 1.39 bits per heavy atom. The van der Waals surface area contributed by atoms with Gasteiger partial charge in [-0.1, -0.05) is 6.07 Å². The first kappa shape index (κ1) is 12.6. The SMILES string of the molecule is CCOC(=O)c1cc2cc(CCCO)ccc2[nH]1. The predicted octanol–water partition coefficient (Wildman–Crippen LogP) is 2.27. The molecule has 2 aromatic rings. The summed E-state index contributed by atoms with van der Waals surface area (Å²) in [4.78, 5) is 14.6. The lowest BCUT2D eigenvalue weighted by Crippen LogP contribution is -2.04. The van der Waals surface area contributed by atoms with E-state index in [0.29, 0.717) is 12.3 Å². The highest BCUT2D eigenvalue weighted by molar-refractivity contribution is 5.94. The summed E-state index contributed by atoms with van der Waals surface area (Å²) in [5.41, 5.74) is 2.56. The van der Waals surface area contributed by atoms with Crippen molar-refractivity contribution in [3.63, 3.8) is 0 Å². The summed E-state index contributed by atoms with van der Waals surface area (Å²) < 4.78 is 4.95. The fraction of sp³-hybridized carbons (Fsp3) is 0.357. The van der Waals surface area contributed by atoms with Crippen molar-refractivity contribution in [1.82, 2.24) is 4.98 Å². The molecule has 0 aliphatic carbocycles. The molecule has 0 saturated carbocycles. The normalized spacial score (nSPS) is 10.8. The molecule has 1 aromatic heterocycles. The third-order valence-electron chi connectivity index (χ3n) is 2.80. The number of aliphatic hydroxyl groups excluding tert-OH is 1. The van der Waals surface area contributed by atoms with Crippen molar-refractivity contribution in [1.29, 1.82) is 0 Å². The zero-order valence-electron chi connectivity index (χ0n) is 10.4. The van der Waals surface area contributed by atoms with Gasteiger partial charge in [0, 0.05) is 17.5 Å². The number of nitrogens with one attached hydrogen (secondary N) is 1. The molecule has 96 valence electrons. The van der Waals surface area contributed by atoms with Gasteiger partial charge in [0.1, 0.15) is 5.69 Å². The number of ether oxygens (including phenoxy) is 1. The average molecular weight is 247 g/mol. The average Bonchev–Trinajstić information content (AvgIpc) is 2.79. The highest BCUT2D eigenvalue weighted by Crippen LogP contribution is 2.18. The molecule has 0 unspecified atom stereocenters. The highest BCUT2D eigenvalue weighted by Gasteiger charge is 2.10. The Kier molecular flexibility index (Phi) is 3.99. The molecule has 4 nitrogen and oxygen atoms in total. The van der Waals surface area contributed by atoms with Crippen LogP contribution < -0.4 is 0 Å². The first-order valence-electron chi connectivity index (χ1n) is 6.14. The zero-order valence-corrected chi connectivity index (χ0v) is 10.4. The number of benzene rings is 1. The summed E-state index contributed by atoms with van der Waals surface area (Å²) in [6, 6.07) is 7.79. The van der Waals surface area contributed by atoms with E-state index in [1.54, 1.807) is 13.0 Å². The summed E-state index contributed by atoms with van der Waals surface area (Å²) >= 11 is 0. The van der Waals surface area contributed by atoms with Crippen LogP contribution in [-0.4, -0.2) is 29.3 Å². The lowest BCUT2D eigenvalue weighted by atomic mass is 10.1. The number of aromatic amines is 1. The third-order valence-corrected chi connectivity index (χ3v) is 2.80. The fourth-order valence-corrected chi connectivity index (χ4v) is 1.94. The first-order valence-corrected chi connectivity index (χ1v) is 6.14. The number of aromatic nitrogens is 1. The molecule has 0 saturated heterocycles. The number of H-pyrrole nitrogens is 1. The molecule has 2 rings (SSSR count). The van der Waals surface area contributed by atoms with Crippen LogP contribution in [0.4, 0.5) is 0 Å². The molecular weight excluding hydrogens is 230 g/mol. The van der Waals surface area contributed by atoms with E-state index in [1.165, 1.54) is 0 Å². The number of esters is 1. The maximum Gasteiger partial charge on any atom is 0.354 e. The minimum absolute atomic E-state index is 0.194. The van der Waals surface area contributed by atoms with Gasteiger partial charge in [-0.2, -0.15) is 0 Å². The second-order valence-corrected chi connectivity index (χ2v) is 4.15. The first-order chi connectivity index (χ1) is 8.74. The van der Waals surface area contributed by atoms with Crippen LogP contribution in [0.5, 0.6) is 0 Å². The Hall–Kier alpha value is -1.81. The van der Waals surface area contributed by atoms with E-state index in [9.17, 15) is 4.79 Å². The summed E-state index contributed by atoms with van der Waals surface area (Å²) in [5, 5.41) is 9.80. The van der Waals surface area contributed by atoms with Crippen LogP contribution in [0.1, 0.15) is 29.4 Å². The maximum absolute atomic E-state index is 11.6. The van der Waals surface area contributed by atoms with E-state index in [-0.39, 0.29) is 12.6 Å². The number of aliphatic hydroxyl groups is 1. The van der Waals surface area contributed by atoms with Crippen molar-refractivity contribution in [3.05, 3.63) is 35.5 Å². The smallest absolute Gasteiger partial charge is 0.354 e. The molecule has 1 aromatic carbocycles. The van der Waals surface area contributed by atoms with Gasteiger partial charge in [-0.3, -0.25) is 0 Å². The second-order valence-electron chi connectivity index (χ2n) is 4.15. The Morgan fingerprint density at radius 3 is 2.94 bits per heavy atom. The van der Waals surface area contributed by atoms with E-state index in [0.717, 1.165) is 29.3 Å². The van der Waals surface area contributed by atoms with E-state index >= 15 is 0 Å². The molecule has 2 N–H and O–H groups in total. The van der Waals surface area contributed by atoms with Crippen LogP contribution in [0.2, 0.25) is 0 Å². The van der Waals surface area contributed by atoms with Crippen LogP contribution in [0.15, 0.2) is 24.3 Å². The highest BCUT2D eigenvalue weighted by atomic mass is 16.5. The van der Waals surface area contributed by atoms with Gasteiger partial charge in [0.15, 0.2) is 0 Å². The van der Waals surface area contributed by atoms with E-state index < -0.39 is 0 Å². The van der Waals surface area contributed by atoms with Gasteiger partial charge in [-0.25, -0.2) is 4.79 Å². The lowest BCUT2D eigenvalue weighted by Gasteiger charge is -1.99. The lowest BCUT2D eigenvalue weighted by molar-refractivity contribution is 0.0520. The number of rotatable bonds is 5. The molecule has 1 heterocycles. The van der Waals surface area contributed by atoms with Gasteiger partial charge >= 0.3 is 5.97 Å². The zero-order chi connectivity index (χ0) is 13.0. The van der Waals surface area contributed by atoms with Crippen molar-refractivity contribution in [2.45, 2.75) is 19.8 Å². The van der Waals surface area contributed by atoms with E-state index in [2.05, 4.69) is 4.98 Å². The number of hydrogen-bond donors (Lipinski definition) is 2. The molecule has 0 fully saturated rings. The molecule has 4 heteroatoms. The van der Waals surface area contributed by atoms with Crippen LogP contribution in [-0.2, 0) is 11.2 Å². The van der Waals surface area contributed by atoms with Crippen LogP contribution >= 0.6 is 0 Å². The Balaban J connectivity index is 2.25. The largest absolute Gasteiger partial charge is 0.461 e. The Labute approximate surface area is 106 Å². The number of carbonyl (C=O) groups is 1. The van der Waals surface area contributed by atoms with Crippen LogP contribution in [0, 0.1) is 0 Å². The molecule has 0 atom stereocenters. The van der Waals surface area contributed by atoms with Crippen molar-refractivity contribution < 1.29 is 14.6 Å². The van der Waals surface area contributed by atoms with Gasteiger partial charge in [0.25, 0.3) is 0 Å². The fourth-order valence-electron chi connectivity index (χ4n) is 1.94. The topological polar surface area (TPSA) is 62.3 Å². The molecule has 18 heavy (non-hydrogen) atoms. The summed E-state index contributed by atoms with van der Waals surface area (Å²) in [6.45, 7) is 2.35. The molecular formula is C14H17NO3. The Morgan fingerprint density at radius 2 is 2.22 bits per heavy atom. The molecule has 0 radical (unpaired) electrons. The monoisotopic (exact) mass is 247 g/mol. The minimum Gasteiger partial charge on any atom is -0.461 e. The number of hydrogen-bond acceptors (Lipinski definition) is 3. The van der Waals surface area contributed by atoms with Gasteiger partial charge in [-0.05, 0) is 43.5 Å². The third kappa shape index (κ3) is 2.71.